The predicted octanol–water partition coefficient (Wildman–Crippen LogP) is 7.30. The molecule has 2 fully saturated rings. The molecule has 3 aromatic rings. The number of likely N-dealkylation sites (tertiary alicyclic amines) is 1. The molecule has 2 aliphatic heterocycles. The largest absolute Gasteiger partial charge is 0.497 e. The number of amides is 1. The van der Waals surface area contributed by atoms with Gasteiger partial charge in [0.1, 0.15) is 36.4 Å². The number of methoxy groups -OCH3 is 1. The summed E-state index contributed by atoms with van der Waals surface area (Å²) in [5.41, 5.74) is 4.34. The summed E-state index contributed by atoms with van der Waals surface area (Å²) in [5, 5.41) is 13.6. The van der Waals surface area contributed by atoms with Crippen molar-refractivity contribution < 1.29 is 28.8 Å². The number of hydrogen-bond acceptors (Lipinski definition) is 7. The second-order valence-corrected chi connectivity index (χ2v) is 13.1. The van der Waals surface area contributed by atoms with Crippen LogP contribution in [-0.2, 0) is 18.0 Å². The zero-order valence-electron chi connectivity index (χ0n) is 26.1. The van der Waals surface area contributed by atoms with E-state index in [-0.39, 0.29) is 17.4 Å². The Balaban J connectivity index is 1.44. The molecule has 6 rings (SSSR count). The van der Waals surface area contributed by atoms with Gasteiger partial charge in [0.05, 0.1) is 31.6 Å². The molecule has 2 unspecified atom stereocenters. The minimum atomic E-state index is -0.875. The Kier molecular flexibility index (Phi) is 8.58. The zero-order chi connectivity index (χ0) is 30.8. The van der Waals surface area contributed by atoms with Gasteiger partial charge in [-0.2, -0.15) is 0 Å². The summed E-state index contributed by atoms with van der Waals surface area (Å²) >= 11 is 0. The lowest BCUT2D eigenvalue weighted by molar-refractivity contribution is 0.0447. The highest BCUT2D eigenvalue weighted by Crippen LogP contribution is 2.47. The van der Waals surface area contributed by atoms with Crippen molar-refractivity contribution in [2.45, 2.75) is 71.6 Å². The Morgan fingerprint density at radius 3 is 2.52 bits per heavy atom. The smallest absolute Gasteiger partial charge is 0.407 e. The van der Waals surface area contributed by atoms with Crippen LogP contribution in [-0.4, -0.2) is 54.1 Å². The first-order valence-corrected chi connectivity index (χ1v) is 15.6. The van der Waals surface area contributed by atoms with E-state index in [0.717, 1.165) is 58.1 Å². The summed E-state index contributed by atoms with van der Waals surface area (Å²) in [6.07, 6.45) is 3.16. The number of anilines is 1. The molecule has 44 heavy (non-hydrogen) atoms. The number of nitrogens with one attached hydrogen (secondary N) is 1. The Labute approximate surface area is 259 Å². The molecule has 9 heteroatoms. The van der Waals surface area contributed by atoms with Gasteiger partial charge in [-0.15, -0.1) is 0 Å². The van der Waals surface area contributed by atoms with Gasteiger partial charge in [-0.05, 0) is 78.5 Å². The van der Waals surface area contributed by atoms with E-state index in [0.29, 0.717) is 44.8 Å². The molecule has 234 valence electrons. The highest BCUT2D eigenvalue weighted by atomic mass is 16.5. The average molecular weight is 602 g/mol. The first-order valence-electron chi connectivity index (χ1n) is 15.6. The molecule has 1 amide bonds. The fourth-order valence-corrected chi connectivity index (χ4v) is 6.61. The molecule has 3 aliphatic rings. The number of piperidine rings is 1. The van der Waals surface area contributed by atoms with E-state index in [9.17, 15) is 9.90 Å². The van der Waals surface area contributed by atoms with Crippen LogP contribution >= 0.6 is 0 Å². The number of rotatable bonds is 9. The van der Waals surface area contributed by atoms with Crippen molar-refractivity contribution >= 4 is 11.9 Å². The molecule has 1 saturated heterocycles. The first kappa shape index (κ1) is 30.1. The summed E-state index contributed by atoms with van der Waals surface area (Å²) in [4.78, 5) is 19.2. The predicted molar refractivity (Wildman–Crippen MR) is 168 cm³/mol. The van der Waals surface area contributed by atoms with Gasteiger partial charge < -0.3 is 34.3 Å². The molecule has 0 radical (unpaired) electrons. The van der Waals surface area contributed by atoms with Crippen molar-refractivity contribution in [2.75, 3.05) is 32.3 Å². The molecule has 1 aliphatic carbocycles. The second kappa shape index (κ2) is 12.6. The van der Waals surface area contributed by atoms with Crippen LogP contribution in [0.1, 0.15) is 69.1 Å². The van der Waals surface area contributed by atoms with Crippen LogP contribution in [0.2, 0.25) is 0 Å². The van der Waals surface area contributed by atoms with Gasteiger partial charge in [-0.1, -0.05) is 39.0 Å². The number of benzene rings is 2. The molecule has 2 N–H and O–H groups in total. The van der Waals surface area contributed by atoms with Crippen molar-refractivity contribution in [3.8, 4) is 28.5 Å². The Morgan fingerprint density at radius 1 is 1.09 bits per heavy atom. The molecule has 1 aromatic heterocycles. The molecular weight excluding hydrogens is 558 g/mol. The normalized spacial score (nSPS) is 20.0. The molecule has 9 nitrogen and oxygen atoms in total. The number of aromatic nitrogens is 1. The lowest BCUT2D eigenvalue weighted by atomic mass is 9.70. The van der Waals surface area contributed by atoms with Gasteiger partial charge in [0.15, 0.2) is 0 Å². The van der Waals surface area contributed by atoms with Gasteiger partial charge in [-0.3, -0.25) is 0 Å². The molecule has 3 heterocycles. The SMILES string of the molecule is COc1ccc(COc2cccc(OCC3CC3)c2-c2cc(C3CCCN(C(=O)O)C3C(C)(C)C)c3c(n2)NCOC3)cc1. The van der Waals surface area contributed by atoms with E-state index in [4.69, 9.17) is 23.9 Å². The van der Waals surface area contributed by atoms with Gasteiger partial charge in [0.25, 0.3) is 0 Å². The Hall–Kier alpha value is -3.98. The number of hydrogen-bond donors (Lipinski definition) is 2. The number of ether oxygens (including phenoxy) is 4. The van der Waals surface area contributed by atoms with Crippen LogP contribution in [0.5, 0.6) is 17.2 Å². The van der Waals surface area contributed by atoms with Crippen LogP contribution in [0.4, 0.5) is 10.6 Å². The zero-order valence-corrected chi connectivity index (χ0v) is 26.1. The third-order valence-electron chi connectivity index (χ3n) is 8.88. The fraction of sp³-hybridized carbons (Fsp3) is 0.486. The van der Waals surface area contributed by atoms with Crippen molar-refractivity contribution in [3.05, 3.63) is 65.2 Å². The second-order valence-electron chi connectivity index (χ2n) is 13.1. The standard InChI is InChI=1S/C35H43N3O6/c1-35(2,3)32-25(7-6-16-38(32)34(39)40)26-17-28(37-33-27(26)20-42-21-36-33)31-29(43-18-22-10-11-22)8-5-9-30(31)44-19-23-12-14-24(41-4)15-13-23/h5,8-9,12-15,17,22,25,32H,6-7,10-11,16,18-21H2,1-4H3,(H,36,37)(H,39,40). The highest BCUT2D eigenvalue weighted by Gasteiger charge is 2.43. The molecular formula is C35H43N3O6. The van der Waals surface area contributed by atoms with Crippen LogP contribution in [0.25, 0.3) is 11.3 Å². The topological polar surface area (TPSA) is 102 Å². The molecule has 2 atom stereocenters. The minimum absolute atomic E-state index is 0.0259. The summed E-state index contributed by atoms with van der Waals surface area (Å²) < 4.78 is 24.1. The number of carboxylic acid groups (broad SMARTS) is 1. The van der Waals surface area contributed by atoms with E-state index < -0.39 is 6.09 Å². The number of carbonyl (C=O) groups is 1. The molecule has 2 aromatic carbocycles. The fourth-order valence-electron chi connectivity index (χ4n) is 6.61. The first-order chi connectivity index (χ1) is 21.2. The van der Waals surface area contributed by atoms with Crippen LogP contribution < -0.4 is 19.5 Å². The van der Waals surface area contributed by atoms with Gasteiger partial charge in [-0.25, -0.2) is 9.78 Å². The number of fused-ring (bicyclic) bond motifs is 1. The van der Waals surface area contributed by atoms with E-state index in [2.05, 4.69) is 32.2 Å². The van der Waals surface area contributed by atoms with Gasteiger partial charge in [0.2, 0.25) is 0 Å². The van der Waals surface area contributed by atoms with E-state index >= 15 is 0 Å². The van der Waals surface area contributed by atoms with E-state index in [1.165, 1.54) is 12.8 Å². The molecule has 0 bridgehead atoms. The van der Waals surface area contributed by atoms with Crippen molar-refractivity contribution in [1.29, 1.82) is 0 Å². The number of nitrogens with zero attached hydrogens (tertiary/aromatic N) is 2. The lowest BCUT2D eigenvalue weighted by Crippen LogP contribution is -2.53. The minimum Gasteiger partial charge on any atom is -0.497 e. The van der Waals surface area contributed by atoms with Crippen molar-refractivity contribution in [3.63, 3.8) is 0 Å². The third-order valence-corrected chi connectivity index (χ3v) is 8.88. The Morgan fingerprint density at radius 2 is 1.84 bits per heavy atom. The van der Waals surface area contributed by atoms with Crippen LogP contribution in [0.3, 0.4) is 0 Å². The number of pyridine rings is 1. The monoisotopic (exact) mass is 601 g/mol. The molecule has 0 spiro atoms. The lowest BCUT2D eigenvalue weighted by Gasteiger charge is -2.47. The van der Waals surface area contributed by atoms with Gasteiger partial charge in [0, 0.05) is 24.1 Å². The summed E-state index contributed by atoms with van der Waals surface area (Å²) in [6.45, 7) is 8.72. The maximum absolute atomic E-state index is 12.4. The average Bonchev–Trinajstić information content (AvgIpc) is 3.86. The maximum atomic E-state index is 12.4. The van der Waals surface area contributed by atoms with Gasteiger partial charge >= 0.3 is 6.09 Å². The highest BCUT2D eigenvalue weighted by molar-refractivity contribution is 5.77. The van der Waals surface area contributed by atoms with Crippen molar-refractivity contribution in [1.82, 2.24) is 9.88 Å². The third kappa shape index (κ3) is 6.43. The van der Waals surface area contributed by atoms with E-state index in [1.54, 1.807) is 12.0 Å². The quantitative estimate of drug-likeness (QED) is 0.264. The summed E-state index contributed by atoms with van der Waals surface area (Å²) in [7, 11) is 1.65. The molecule has 1 saturated carbocycles. The summed E-state index contributed by atoms with van der Waals surface area (Å²) in [5.74, 6) is 3.53. The Bertz CT molecular complexity index is 1480. The van der Waals surface area contributed by atoms with Crippen molar-refractivity contribution in [2.24, 2.45) is 11.3 Å². The van der Waals surface area contributed by atoms with Crippen LogP contribution in [0, 0.1) is 11.3 Å². The summed E-state index contributed by atoms with van der Waals surface area (Å²) in [6, 6.07) is 15.7. The van der Waals surface area contributed by atoms with Crippen LogP contribution in [0.15, 0.2) is 48.5 Å². The maximum Gasteiger partial charge on any atom is 0.407 e. The van der Waals surface area contributed by atoms with E-state index in [1.807, 2.05) is 42.5 Å².